The second-order valence-electron chi connectivity index (χ2n) is 6.59. The van der Waals surface area contributed by atoms with Crippen LogP contribution in [0.25, 0.3) is 0 Å². The summed E-state index contributed by atoms with van der Waals surface area (Å²) in [4.78, 5) is 12.3. The first-order chi connectivity index (χ1) is 11.7. The molecule has 24 heavy (non-hydrogen) atoms. The number of amides is 1. The van der Waals surface area contributed by atoms with Crippen LogP contribution in [0.3, 0.4) is 0 Å². The summed E-state index contributed by atoms with van der Waals surface area (Å²) in [5.74, 6) is 0.956. The fraction of sp³-hybridized carbons (Fsp3) is 0.350. The van der Waals surface area contributed by atoms with Crippen LogP contribution in [0.2, 0.25) is 0 Å². The van der Waals surface area contributed by atoms with Crippen LogP contribution in [0.5, 0.6) is 5.75 Å². The van der Waals surface area contributed by atoms with Crippen LogP contribution in [0.4, 0.5) is 0 Å². The van der Waals surface area contributed by atoms with Gasteiger partial charge in [0, 0.05) is 13.1 Å². The Labute approximate surface area is 143 Å². The molecule has 0 aliphatic carbocycles. The zero-order valence-corrected chi connectivity index (χ0v) is 14.0. The highest BCUT2D eigenvalue weighted by molar-refractivity contribution is 5.82. The molecule has 2 aromatic carbocycles. The molecule has 4 nitrogen and oxygen atoms in total. The minimum Gasteiger partial charge on any atom is -0.489 e. The number of carbonyl (C=O) groups excluding carboxylic acids is 1. The predicted molar refractivity (Wildman–Crippen MR) is 94.7 cm³/mol. The Bertz CT molecular complexity index is 662. The van der Waals surface area contributed by atoms with Crippen molar-refractivity contribution in [2.45, 2.75) is 26.5 Å². The molecule has 1 fully saturated rings. The van der Waals surface area contributed by atoms with Crippen molar-refractivity contribution < 1.29 is 9.53 Å². The molecule has 1 atom stereocenters. The van der Waals surface area contributed by atoms with Gasteiger partial charge in [-0.05, 0) is 43.1 Å². The maximum absolute atomic E-state index is 12.3. The first-order valence-corrected chi connectivity index (χ1v) is 8.40. The summed E-state index contributed by atoms with van der Waals surface area (Å²) in [6.45, 7) is 4.79. The van der Waals surface area contributed by atoms with Gasteiger partial charge in [-0.25, -0.2) is 0 Å². The van der Waals surface area contributed by atoms with Crippen LogP contribution in [0.1, 0.15) is 24.5 Å². The van der Waals surface area contributed by atoms with Gasteiger partial charge in [0.1, 0.15) is 12.4 Å². The van der Waals surface area contributed by atoms with E-state index in [0.717, 1.165) is 36.4 Å². The summed E-state index contributed by atoms with van der Waals surface area (Å²) >= 11 is 0. The van der Waals surface area contributed by atoms with Crippen molar-refractivity contribution in [3.63, 3.8) is 0 Å². The monoisotopic (exact) mass is 324 g/mol. The van der Waals surface area contributed by atoms with Crippen molar-refractivity contribution in [3.05, 3.63) is 65.7 Å². The zero-order valence-electron chi connectivity index (χ0n) is 14.0. The maximum Gasteiger partial charge on any atom is 0.227 e. The third-order valence-electron chi connectivity index (χ3n) is 4.54. The fourth-order valence-corrected chi connectivity index (χ4v) is 2.85. The fourth-order valence-electron chi connectivity index (χ4n) is 2.85. The van der Waals surface area contributed by atoms with Crippen LogP contribution in [-0.4, -0.2) is 19.0 Å². The average molecular weight is 324 g/mol. The van der Waals surface area contributed by atoms with E-state index in [2.05, 4.69) is 10.6 Å². The number of benzene rings is 2. The zero-order chi connectivity index (χ0) is 16.8. The molecule has 0 radical (unpaired) electrons. The highest BCUT2D eigenvalue weighted by Gasteiger charge is 2.35. The van der Waals surface area contributed by atoms with Crippen LogP contribution in [0, 0.1) is 5.41 Å². The Balaban J connectivity index is 1.48. The lowest BCUT2D eigenvalue weighted by atomic mass is 9.89. The van der Waals surface area contributed by atoms with Crippen molar-refractivity contribution in [2.75, 3.05) is 13.1 Å². The molecule has 1 saturated heterocycles. The Morgan fingerprint density at radius 1 is 1.12 bits per heavy atom. The van der Waals surface area contributed by atoms with Crippen LogP contribution >= 0.6 is 0 Å². The van der Waals surface area contributed by atoms with E-state index >= 15 is 0 Å². The van der Waals surface area contributed by atoms with Gasteiger partial charge < -0.3 is 15.4 Å². The highest BCUT2D eigenvalue weighted by Crippen LogP contribution is 2.24. The molecule has 1 amide bonds. The maximum atomic E-state index is 12.3. The lowest BCUT2D eigenvalue weighted by Crippen LogP contribution is -2.39. The third kappa shape index (κ3) is 4.15. The van der Waals surface area contributed by atoms with Crippen LogP contribution < -0.4 is 15.4 Å². The van der Waals surface area contributed by atoms with Gasteiger partial charge in [0.25, 0.3) is 0 Å². The molecule has 2 N–H and O–H groups in total. The molecular formula is C20H24N2O2. The molecule has 1 heterocycles. The highest BCUT2D eigenvalue weighted by atomic mass is 16.5. The second kappa shape index (κ2) is 7.49. The molecule has 4 heteroatoms. The van der Waals surface area contributed by atoms with Crippen LogP contribution in [-0.2, 0) is 17.9 Å². The lowest BCUT2D eigenvalue weighted by molar-refractivity contribution is -0.129. The SMILES string of the molecule is CC1(C(=O)NCc2ccc(OCc3ccccc3)cc2)CCNC1. The van der Waals surface area contributed by atoms with Gasteiger partial charge >= 0.3 is 0 Å². The number of hydrogen-bond acceptors (Lipinski definition) is 3. The van der Waals surface area contributed by atoms with E-state index < -0.39 is 0 Å². The molecule has 2 aromatic rings. The van der Waals surface area contributed by atoms with Gasteiger partial charge in [-0.15, -0.1) is 0 Å². The van der Waals surface area contributed by atoms with Crippen molar-refractivity contribution in [1.29, 1.82) is 0 Å². The van der Waals surface area contributed by atoms with Gasteiger partial charge in [-0.1, -0.05) is 42.5 Å². The number of rotatable bonds is 6. The summed E-state index contributed by atoms with van der Waals surface area (Å²) < 4.78 is 5.77. The standard InChI is InChI=1S/C20H24N2O2/c1-20(11-12-21-15-20)19(23)22-13-16-7-9-18(10-8-16)24-14-17-5-3-2-4-6-17/h2-10,21H,11-15H2,1H3,(H,22,23). The number of ether oxygens (including phenoxy) is 1. The first-order valence-electron chi connectivity index (χ1n) is 8.40. The minimum absolute atomic E-state index is 0.122. The molecule has 126 valence electrons. The minimum atomic E-state index is -0.279. The molecule has 0 aromatic heterocycles. The van der Waals surface area contributed by atoms with Crippen molar-refractivity contribution >= 4 is 5.91 Å². The quantitative estimate of drug-likeness (QED) is 0.859. The molecule has 0 saturated carbocycles. The molecule has 1 aliphatic rings. The van der Waals surface area contributed by atoms with E-state index in [1.807, 2.05) is 61.5 Å². The lowest BCUT2D eigenvalue weighted by Gasteiger charge is -2.21. The van der Waals surface area contributed by atoms with Crippen molar-refractivity contribution in [2.24, 2.45) is 5.41 Å². The topological polar surface area (TPSA) is 50.4 Å². The summed E-state index contributed by atoms with van der Waals surface area (Å²) in [6, 6.07) is 18.0. The Morgan fingerprint density at radius 2 is 1.88 bits per heavy atom. The van der Waals surface area contributed by atoms with Gasteiger partial charge in [0.15, 0.2) is 0 Å². The second-order valence-corrected chi connectivity index (χ2v) is 6.59. The largest absolute Gasteiger partial charge is 0.489 e. The van der Waals surface area contributed by atoms with E-state index in [4.69, 9.17) is 4.74 Å². The Morgan fingerprint density at radius 3 is 2.54 bits per heavy atom. The number of carbonyl (C=O) groups is 1. The van der Waals surface area contributed by atoms with E-state index in [1.165, 1.54) is 0 Å². The summed E-state index contributed by atoms with van der Waals surface area (Å²) in [5, 5.41) is 6.29. The van der Waals surface area contributed by atoms with Gasteiger partial charge in [-0.2, -0.15) is 0 Å². The summed E-state index contributed by atoms with van der Waals surface area (Å²) in [7, 11) is 0. The Kier molecular flexibility index (Phi) is 5.16. The third-order valence-corrected chi connectivity index (χ3v) is 4.54. The number of nitrogens with one attached hydrogen (secondary N) is 2. The van der Waals surface area contributed by atoms with Crippen LogP contribution in [0.15, 0.2) is 54.6 Å². The van der Waals surface area contributed by atoms with Crippen molar-refractivity contribution in [3.8, 4) is 5.75 Å². The van der Waals surface area contributed by atoms with Gasteiger partial charge in [0.2, 0.25) is 5.91 Å². The summed E-state index contributed by atoms with van der Waals surface area (Å²) in [6.07, 6.45) is 0.894. The number of hydrogen-bond donors (Lipinski definition) is 2. The molecule has 0 spiro atoms. The summed E-state index contributed by atoms with van der Waals surface area (Å²) in [5.41, 5.74) is 1.94. The molecule has 3 rings (SSSR count). The molecule has 1 unspecified atom stereocenters. The normalized spacial score (nSPS) is 19.9. The van der Waals surface area contributed by atoms with E-state index in [1.54, 1.807) is 0 Å². The predicted octanol–water partition coefficient (Wildman–Crippen LogP) is 2.88. The van der Waals surface area contributed by atoms with Gasteiger partial charge in [0.05, 0.1) is 5.41 Å². The average Bonchev–Trinajstić information content (AvgIpc) is 3.07. The van der Waals surface area contributed by atoms with E-state index in [-0.39, 0.29) is 11.3 Å². The van der Waals surface area contributed by atoms with E-state index in [9.17, 15) is 4.79 Å². The van der Waals surface area contributed by atoms with Gasteiger partial charge in [-0.3, -0.25) is 4.79 Å². The molecule has 0 bridgehead atoms. The van der Waals surface area contributed by atoms with Crippen molar-refractivity contribution in [1.82, 2.24) is 10.6 Å². The molecular weight excluding hydrogens is 300 g/mol. The first kappa shape index (κ1) is 16.5. The Hall–Kier alpha value is -2.33. The molecule has 1 aliphatic heterocycles. The van der Waals surface area contributed by atoms with E-state index in [0.29, 0.717) is 13.2 Å². The smallest absolute Gasteiger partial charge is 0.227 e.